The number of sulfonamides is 1. The summed E-state index contributed by atoms with van der Waals surface area (Å²) >= 11 is 1.67. The van der Waals surface area contributed by atoms with Gasteiger partial charge in [0.15, 0.2) is 0 Å². The molecule has 0 saturated carbocycles. The Morgan fingerprint density at radius 3 is 2.29 bits per heavy atom. The Kier molecular flexibility index (Phi) is 7.11. The van der Waals surface area contributed by atoms with E-state index < -0.39 is 10.0 Å². The average molecular weight is 494 g/mol. The molecule has 6 nitrogen and oxygen atoms in total. The van der Waals surface area contributed by atoms with Gasteiger partial charge in [0.2, 0.25) is 10.0 Å². The van der Waals surface area contributed by atoms with Crippen molar-refractivity contribution in [3.8, 4) is 0 Å². The van der Waals surface area contributed by atoms with Gasteiger partial charge in [0.25, 0.3) is 5.91 Å². The molecule has 4 aromatic rings. The Morgan fingerprint density at radius 1 is 0.941 bits per heavy atom. The van der Waals surface area contributed by atoms with Gasteiger partial charge in [-0.1, -0.05) is 42.5 Å². The number of carbonyl (C=O) groups excluding carboxylic acids is 1. The summed E-state index contributed by atoms with van der Waals surface area (Å²) in [5.41, 5.74) is 3.35. The average Bonchev–Trinajstić information content (AvgIpc) is 3.21. The second-order valence-electron chi connectivity index (χ2n) is 8.14. The molecule has 4 rings (SSSR count). The molecular weight excluding hydrogens is 466 g/mol. The number of nitrogens with zero attached hydrogens (tertiary/aromatic N) is 2. The van der Waals surface area contributed by atoms with Crippen LogP contribution in [-0.2, 0) is 23.1 Å². The highest BCUT2D eigenvalue weighted by Gasteiger charge is 2.21. The van der Waals surface area contributed by atoms with Crippen LogP contribution in [0.15, 0.2) is 88.7 Å². The largest absolute Gasteiger partial charge is 0.347 e. The molecule has 0 aliphatic heterocycles. The van der Waals surface area contributed by atoms with Crippen LogP contribution in [0.4, 0.5) is 0 Å². The van der Waals surface area contributed by atoms with Gasteiger partial charge in [0.05, 0.1) is 4.90 Å². The molecule has 0 aliphatic rings. The lowest BCUT2D eigenvalue weighted by molar-refractivity contribution is 0.0942. The lowest BCUT2D eigenvalue weighted by Gasteiger charge is -2.13. The number of thioether (sulfide) groups is 1. The number of benzene rings is 3. The van der Waals surface area contributed by atoms with E-state index in [1.54, 1.807) is 36.0 Å². The first-order chi connectivity index (χ1) is 16.3. The van der Waals surface area contributed by atoms with E-state index in [0.717, 1.165) is 16.6 Å². The highest BCUT2D eigenvalue weighted by atomic mass is 32.2. The molecule has 1 aromatic heterocycles. The second-order valence-corrected chi connectivity index (χ2v) is 11.2. The fourth-order valence-corrected chi connectivity index (χ4v) is 5.11. The molecule has 1 amide bonds. The third-order valence-corrected chi connectivity index (χ3v) is 8.23. The molecule has 8 heteroatoms. The minimum Gasteiger partial charge on any atom is -0.347 e. The summed E-state index contributed by atoms with van der Waals surface area (Å²) in [6.45, 7) is 0.899. The Morgan fingerprint density at radius 2 is 1.65 bits per heavy atom. The fourth-order valence-electron chi connectivity index (χ4n) is 3.76. The van der Waals surface area contributed by atoms with Crippen molar-refractivity contribution < 1.29 is 13.2 Å². The van der Waals surface area contributed by atoms with Gasteiger partial charge in [-0.25, -0.2) is 12.7 Å². The third-order valence-electron chi connectivity index (χ3n) is 5.68. The highest BCUT2D eigenvalue weighted by molar-refractivity contribution is 7.98. The number of fused-ring (bicyclic) bond motifs is 1. The van der Waals surface area contributed by atoms with Crippen LogP contribution in [0.1, 0.15) is 21.6 Å². The Bertz CT molecular complexity index is 1410. The summed E-state index contributed by atoms with van der Waals surface area (Å²) in [6.07, 6.45) is 2.03. The van der Waals surface area contributed by atoms with Crippen molar-refractivity contribution in [2.75, 3.05) is 20.4 Å². The molecule has 1 heterocycles. The monoisotopic (exact) mass is 493 g/mol. The molecule has 1 N–H and O–H groups in total. The fraction of sp³-hybridized carbons (Fsp3) is 0.192. The van der Waals surface area contributed by atoms with Gasteiger partial charge in [0, 0.05) is 43.0 Å². The normalized spacial score (nSPS) is 11.8. The van der Waals surface area contributed by atoms with Crippen molar-refractivity contribution in [1.82, 2.24) is 14.2 Å². The standard InChI is InChI=1S/C26H27N3O3S2/c1-28(2)34(31,32)23-13-14-24-21(15-23)16-25(29(24)18-20-7-5-4-6-8-20)26(30)27-17-19-9-11-22(33-3)12-10-19/h4-16H,17-18H2,1-3H3,(H,27,30). The first-order valence-corrected chi connectivity index (χ1v) is 13.5. The molecule has 0 radical (unpaired) electrons. The minimum absolute atomic E-state index is 0.197. The van der Waals surface area contributed by atoms with Crippen molar-refractivity contribution in [3.05, 3.63) is 95.7 Å². The summed E-state index contributed by atoms with van der Waals surface area (Å²) in [7, 11) is -0.572. The number of amides is 1. The van der Waals surface area contributed by atoms with Crippen LogP contribution in [0, 0.1) is 0 Å². The zero-order valence-electron chi connectivity index (χ0n) is 19.4. The molecule has 0 saturated heterocycles. The molecule has 0 unspecified atom stereocenters. The minimum atomic E-state index is -3.58. The zero-order valence-corrected chi connectivity index (χ0v) is 21.0. The highest BCUT2D eigenvalue weighted by Crippen LogP contribution is 2.26. The first-order valence-electron chi connectivity index (χ1n) is 10.8. The summed E-state index contributed by atoms with van der Waals surface area (Å²) in [5, 5.41) is 3.71. The van der Waals surface area contributed by atoms with Crippen LogP contribution in [0.25, 0.3) is 10.9 Å². The topological polar surface area (TPSA) is 71.4 Å². The van der Waals surface area contributed by atoms with Gasteiger partial charge >= 0.3 is 0 Å². The van der Waals surface area contributed by atoms with Gasteiger partial charge in [-0.2, -0.15) is 0 Å². The van der Waals surface area contributed by atoms with Gasteiger partial charge in [-0.15, -0.1) is 11.8 Å². The molecule has 0 aliphatic carbocycles. The smallest absolute Gasteiger partial charge is 0.268 e. The molecule has 0 bridgehead atoms. The van der Waals surface area contributed by atoms with E-state index in [2.05, 4.69) is 5.32 Å². The van der Waals surface area contributed by atoms with Crippen LogP contribution in [0.3, 0.4) is 0 Å². The van der Waals surface area contributed by atoms with Crippen molar-refractivity contribution in [2.45, 2.75) is 22.9 Å². The molecular formula is C26H27N3O3S2. The van der Waals surface area contributed by atoms with Crippen LogP contribution in [0.5, 0.6) is 0 Å². The van der Waals surface area contributed by atoms with Gasteiger partial charge in [-0.05, 0) is 53.8 Å². The Balaban J connectivity index is 1.70. The van der Waals surface area contributed by atoms with E-state index in [9.17, 15) is 13.2 Å². The van der Waals surface area contributed by atoms with Gasteiger partial charge in [-0.3, -0.25) is 4.79 Å². The molecule has 34 heavy (non-hydrogen) atoms. The predicted octanol–water partition coefficient (Wildman–Crippen LogP) is 4.59. The lowest BCUT2D eigenvalue weighted by Crippen LogP contribution is -2.25. The van der Waals surface area contributed by atoms with Gasteiger partial charge in [0.1, 0.15) is 5.69 Å². The Hall–Kier alpha value is -3.07. The predicted molar refractivity (Wildman–Crippen MR) is 138 cm³/mol. The lowest BCUT2D eigenvalue weighted by atomic mass is 10.2. The first kappa shape index (κ1) is 24.1. The molecule has 0 spiro atoms. The van der Waals surface area contributed by atoms with Crippen molar-refractivity contribution >= 4 is 38.6 Å². The van der Waals surface area contributed by atoms with Crippen LogP contribution < -0.4 is 5.32 Å². The number of aromatic nitrogens is 1. The summed E-state index contributed by atoms with van der Waals surface area (Å²) < 4.78 is 28.4. The molecule has 0 fully saturated rings. The molecule has 3 aromatic carbocycles. The molecule has 176 valence electrons. The maximum Gasteiger partial charge on any atom is 0.268 e. The van der Waals surface area contributed by atoms with Crippen LogP contribution >= 0.6 is 11.8 Å². The third kappa shape index (κ3) is 5.04. The van der Waals surface area contributed by atoms with E-state index in [1.165, 1.54) is 23.3 Å². The number of hydrogen-bond acceptors (Lipinski definition) is 4. The number of rotatable bonds is 8. The van der Waals surface area contributed by atoms with Crippen LogP contribution in [-0.4, -0.2) is 43.5 Å². The quantitative estimate of drug-likeness (QED) is 0.365. The second kappa shape index (κ2) is 10.0. The van der Waals surface area contributed by atoms with Crippen molar-refractivity contribution in [3.63, 3.8) is 0 Å². The Labute approximate surface area is 204 Å². The zero-order chi connectivity index (χ0) is 24.3. The number of nitrogens with one attached hydrogen (secondary N) is 1. The van der Waals surface area contributed by atoms with E-state index in [-0.39, 0.29) is 10.8 Å². The van der Waals surface area contributed by atoms with Gasteiger partial charge < -0.3 is 9.88 Å². The summed E-state index contributed by atoms with van der Waals surface area (Å²) in [6, 6.07) is 24.7. The number of hydrogen-bond donors (Lipinski definition) is 1. The number of carbonyl (C=O) groups is 1. The van der Waals surface area contributed by atoms with Crippen molar-refractivity contribution in [2.24, 2.45) is 0 Å². The van der Waals surface area contributed by atoms with E-state index in [0.29, 0.717) is 24.2 Å². The van der Waals surface area contributed by atoms with Crippen molar-refractivity contribution in [1.29, 1.82) is 0 Å². The maximum atomic E-state index is 13.2. The van der Waals surface area contributed by atoms with E-state index >= 15 is 0 Å². The summed E-state index contributed by atoms with van der Waals surface area (Å²) in [5.74, 6) is -0.210. The van der Waals surface area contributed by atoms with E-state index in [4.69, 9.17) is 0 Å². The van der Waals surface area contributed by atoms with Crippen LogP contribution in [0.2, 0.25) is 0 Å². The van der Waals surface area contributed by atoms with E-state index in [1.807, 2.05) is 65.4 Å². The SMILES string of the molecule is CSc1ccc(CNC(=O)c2cc3cc(S(=O)(=O)N(C)C)ccc3n2Cc2ccccc2)cc1. The summed E-state index contributed by atoms with van der Waals surface area (Å²) in [4.78, 5) is 14.6. The molecule has 0 atom stereocenters. The maximum absolute atomic E-state index is 13.2.